The van der Waals surface area contributed by atoms with E-state index >= 15 is 0 Å². The molecule has 1 aliphatic rings. The van der Waals surface area contributed by atoms with Gasteiger partial charge in [0.2, 0.25) is 0 Å². The lowest BCUT2D eigenvalue weighted by Crippen LogP contribution is -2.41. The molecule has 0 unspecified atom stereocenters. The largest absolute Gasteiger partial charge is 0.376 e. The van der Waals surface area contributed by atoms with Gasteiger partial charge in [-0.3, -0.25) is 0 Å². The summed E-state index contributed by atoms with van der Waals surface area (Å²) >= 11 is 5.48. The Hall–Kier alpha value is -1.17. The predicted molar refractivity (Wildman–Crippen MR) is 99.4 cm³/mol. The number of nitrogens with one attached hydrogen (secondary N) is 2. The molecule has 1 heterocycles. The maximum Gasteiger partial charge on any atom is 0.170 e. The highest BCUT2D eigenvalue weighted by Crippen LogP contribution is 2.32. The third kappa shape index (κ3) is 5.16. The Morgan fingerprint density at radius 1 is 1.17 bits per heavy atom. The van der Waals surface area contributed by atoms with Gasteiger partial charge in [0.15, 0.2) is 5.11 Å². The van der Waals surface area contributed by atoms with Crippen molar-refractivity contribution in [3.63, 3.8) is 0 Å². The second-order valence-corrected chi connectivity index (χ2v) is 6.93. The van der Waals surface area contributed by atoms with Crippen LogP contribution in [0, 0.1) is 0 Å². The molecular weight excluding hydrogens is 308 g/mol. The third-order valence-electron chi connectivity index (χ3n) is 3.99. The minimum atomic E-state index is 0.0633. The molecular formula is C18H28N2O2S. The van der Waals surface area contributed by atoms with Gasteiger partial charge in [0.05, 0.1) is 25.9 Å². The Morgan fingerprint density at radius 3 is 2.35 bits per heavy atom. The Balaban J connectivity index is 2.03. The molecule has 0 radical (unpaired) electrons. The van der Waals surface area contributed by atoms with Crippen molar-refractivity contribution < 1.29 is 9.47 Å². The summed E-state index contributed by atoms with van der Waals surface area (Å²) in [7, 11) is 0. The van der Waals surface area contributed by atoms with Gasteiger partial charge >= 0.3 is 0 Å². The number of para-hydroxylation sites is 1. The normalized spacial score (nSPS) is 18.3. The number of anilines is 1. The first-order valence-corrected chi connectivity index (χ1v) is 8.76. The van der Waals surface area contributed by atoms with Crippen LogP contribution in [0.4, 0.5) is 5.69 Å². The summed E-state index contributed by atoms with van der Waals surface area (Å²) in [4.78, 5) is 0. The smallest absolute Gasteiger partial charge is 0.170 e. The zero-order chi connectivity index (χ0) is 16.8. The van der Waals surface area contributed by atoms with Crippen LogP contribution in [0.1, 0.15) is 50.7 Å². The first-order chi connectivity index (χ1) is 11.0. The van der Waals surface area contributed by atoms with E-state index in [1.165, 1.54) is 11.1 Å². The van der Waals surface area contributed by atoms with E-state index in [0.29, 0.717) is 43.3 Å². The van der Waals surface area contributed by atoms with Crippen LogP contribution in [-0.2, 0) is 9.47 Å². The lowest BCUT2D eigenvalue weighted by atomic mass is 9.93. The molecule has 1 saturated heterocycles. The van der Waals surface area contributed by atoms with Crippen LogP contribution in [0.5, 0.6) is 0 Å². The molecule has 1 aromatic rings. The van der Waals surface area contributed by atoms with Crippen LogP contribution in [0.15, 0.2) is 18.2 Å². The molecule has 0 aromatic heterocycles. The van der Waals surface area contributed by atoms with E-state index in [-0.39, 0.29) is 6.10 Å². The van der Waals surface area contributed by atoms with E-state index in [0.717, 1.165) is 5.69 Å². The summed E-state index contributed by atoms with van der Waals surface area (Å²) in [5.74, 6) is 0.878. The van der Waals surface area contributed by atoms with Gasteiger partial charge in [-0.25, -0.2) is 0 Å². The molecule has 1 aromatic carbocycles. The Labute approximate surface area is 144 Å². The second-order valence-electron chi connectivity index (χ2n) is 6.52. The topological polar surface area (TPSA) is 42.5 Å². The molecule has 0 amide bonds. The number of hydrogen-bond donors (Lipinski definition) is 2. The van der Waals surface area contributed by atoms with Crippen LogP contribution >= 0.6 is 12.2 Å². The van der Waals surface area contributed by atoms with Crippen molar-refractivity contribution in [2.75, 3.05) is 31.7 Å². The number of ether oxygens (including phenoxy) is 2. The highest BCUT2D eigenvalue weighted by Gasteiger charge is 2.17. The van der Waals surface area contributed by atoms with E-state index in [1.807, 2.05) is 0 Å². The monoisotopic (exact) mass is 336 g/mol. The zero-order valence-electron chi connectivity index (χ0n) is 14.5. The minimum absolute atomic E-state index is 0.0633. The highest BCUT2D eigenvalue weighted by molar-refractivity contribution is 7.80. The van der Waals surface area contributed by atoms with Crippen molar-refractivity contribution in [1.82, 2.24) is 5.32 Å². The average Bonchev–Trinajstić information content (AvgIpc) is 2.53. The van der Waals surface area contributed by atoms with Gasteiger partial charge in [0.25, 0.3) is 0 Å². The molecule has 5 heteroatoms. The Bertz CT molecular complexity index is 500. The molecule has 1 fully saturated rings. The van der Waals surface area contributed by atoms with Gasteiger partial charge in [-0.2, -0.15) is 0 Å². The summed E-state index contributed by atoms with van der Waals surface area (Å²) in [6.45, 7) is 11.4. The van der Waals surface area contributed by atoms with Crippen molar-refractivity contribution in [2.24, 2.45) is 0 Å². The average molecular weight is 337 g/mol. The quantitative estimate of drug-likeness (QED) is 0.804. The maximum absolute atomic E-state index is 5.63. The second kappa shape index (κ2) is 8.62. The molecule has 0 aliphatic carbocycles. The standard InChI is InChI=1S/C18H28N2O2S/c1-12(2)15-6-5-7-16(13(3)4)17(15)20-18(23)19-10-14-11-21-8-9-22-14/h5-7,12-14H,8-11H2,1-4H3,(H2,19,20,23)/t14-/m0/s1. The minimum Gasteiger partial charge on any atom is -0.376 e. The maximum atomic E-state index is 5.63. The summed E-state index contributed by atoms with van der Waals surface area (Å²) in [5.41, 5.74) is 3.71. The van der Waals surface area contributed by atoms with Crippen molar-refractivity contribution in [3.8, 4) is 0 Å². The van der Waals surface area contributed by atoms with E-state index in [2.05, 4.69) is 56.5 Å². The van der Waals surface area contributed by atoms with Crippen LogP contribution in [0.2, 0.25) is 0 Å². The van der Waals surface area contributed by atoms with Crippen LogP contribution < -0.4 is 10.6 Å². The van der Waals surface area contributed by atoms with Crippen molar-refractivity contribution in [2.45, 2.75) is 45.6 Å². The fourth-order valence-electron chi connectivity index (χ4n) is 2.71. The van der Waals surface area contributed by atoms with Crippen molar-refractivity contribution in [1.29, 1.82) is 0 Å². The molecule has 2 N–H and O–H groups in total. The summed E-state index contributed by atoms with van der Waals surface area (Å²) in [5, 5.41) is 7.29. The molecule has 0 saturated carbocycles. The number of hydrogen-bond acceptors (Lipinski definition) is 3. The lowest BCUT2D eigenvalue weighted by molar-refractivity contribution is -0.0849. The Kier molecular flexibility index (Phi) is 6.81. The summed E-state index contributed by atoms with van der Waals surface area (Å²) in [6.07, 6.45) is 0.0633. The van der Waals surface area contributed by atoms with Gasteiger partial charge in [-0.15, -0.1) is 0 Å². The predicted octanol–water partition coefficient (Wildman–Crippen LogP) is 3.64. The third-order valence-corrected chi connectivity index (χ3v) is 4.23. The van der Waals surface area contributed by atoms with E-state index in [1.54, 1.807) is 0 Å². The van der Waals surface area contributed by atoms with Crippen molar-refractivity contribution in [3.05, 3.63) is 29.3 Å². The zero-order valence-corrected chi connectivity index (χ0v) is 15.3. The van der Waals surface area contributed by atoms with Gasteiger partial charge < -0.3 is 20.1 Å². The van der Waals surface area contributed by atoms with Crippen molar-refractivity contribution >= 4 is 23.0 Å². The summed E-state index contributed by atoms with van der Waals surface area (Å²) in [6, 6.07) is 6.46. The molecule has 4 nitrogen and oxygen atoms in total. The number of thiocarbonyl (C=S) groups is 1. The van der Waals surface area contributed by atoms with Crippen LogP contribution in [-0.4, -0.2) is 37.6 Å². The molecule has 1 atom stereocenters. The molecule has 128 valence electrons. The molecule has 23 heavy (non-hydrogen) atoms. The lowest BCUT2D eigenvalue weighted by Gasteiger charge is -2.25. The van der Waals surface area contributed by atoms with Gasteiger partial charge in [-0.1, -0.05) is 45.9 Å². The highest BCUT2D eigenvalue weighted by atomic mass is 32.1. The first-order valence-electron chi connectivity index (χ1n) is 8.36. The van der Waals surface area contributed by atoms with Crippen LogP contribution in [0.3, 0.4) is 0 Å². The SMILES string of the molecule is CC(C)c1cccc(C(C)C)c1NC(=S)NC[C@H]1COCCO1. The first kappa shape index (κ1) is 18.2. The number of rotatable bonds is 5. The molecule has 2 rings (SSSR count). The van der Waals surface area contributed by atoms with Gasteiger partial charge in [0.1, 0.15) is 0 Å². The molecule has 1 aliphatic heterocycles. The molecule has 0 spiro atoms. The summed E-state index contributed by atoms with van der Waals surface area (Å²) < 4.78 is 11.0. The number of benzene rings is 1. The van der Waals surface area contributed by atoms with E-state index in [9.17, 15) is 0 Å². The van der Waals surface area contributed by atoms with E-state index < -0.39 is 0 Å². The fourth-order valence-corrected chi connectivity index (χ4v) is 2.90. The van der Waals surface area contributed by atoms with Gasteiger partial charge in [0, 0.05) is 12.2 Å². The fraction of sp³-hybridized carbons (Fsp3) is 0.611. The van der Waals surface area contributed by atoms with E-state index in [4.69, 9.17) is 21.7 Å². The van der Waals surface area contributed by atoms with Gasteiger partial charge in [-0.05, 0) is 35.2 Å². The Morgan fingerprint density at radius 2 is 1.83 bits per heavy atom. The molecule has 0 bridgehead atoms. The van der Waals surface area contributed by atoms with Crippen LogP contribution in [0.25, 0.3) is 0 Å².